The van der Waals surface area contributed by atoms with Crippen LogP contribution >= 0.6 is 27.0 Å². The van der Waals surface area contributed by atoms with E-state index in [1.807, 2.05) is 18.4 Å². The van der Waals surface area contributed by atoms with Crippen molar-refractivity contribution in [1.82, 2.24) is 34.3 Å². The molecular weight excluding hydrogens is 517 g/mol. The van der Waals surface area contributed by atoms with E-state index in [1.54, 1.807) is 6.20 Å². The number of halogens is 1. The molecule has 2 saturated heterocycles. The van der Waals surface area contributed by atoms with E-state index in [0.717, 1.165) is 35.0 Å². The van der Waals surface area contributed by atoms with Crippen molar-refractivity contribution < 1.29 is 4.39 Å². The molecule has 5 heterocycles. The van der Waals surface area contributed by atoms with Gasteiger partial charge in [0.1, 0.15) is 23.0 Å². The third-order valence-electron chi connectivity index (χ3n) is 7.57. The number of fused-ring (bicyclic) bond motifs is 3. The Morgan fingerprint density at radius 3 is 2.24 bits per heavy atom. The highest BCUT2D eigenvalue weighted by Gasteiger charge is 2.42. The first kappa shape index (κ1) is 28.5. The van der Waals surface area contributed by atoms with Gasteiger partial charge in [-0.2, -0.15) is 27.0 Å². The van der Waals surface area contributed by atoms with Gasteiger partial charge >= 0.3 is 0 Å². The summed E-state index contributed by atoms with van der Waals surface area (Å²) >= 11 is 0. The van der Waals surface area contributed by atoms with Crippen molar-refractivity contribution >= 4 is 38.2 Å². The second-order valence-corrected chi connectivity index (χ2v) is 10.2. The molecule has 10 heteroatoms. The average Bonchev–Trinajstić information content (AvgIpc) is 3.54. The smallest absolute Gasteiger partial charge is 0.164 e. The van der Waals surface area contributed by atoms with Gasteiger partial charge in [0.25, 0.3) is 0 Å². The average molecular weight is 554 g/mol. The van der Waals surface area contributed by atoms with Crippen LogP contribution in [0.5, 0.6) is 0 Å². The van der Waals surface area contributed by atoms with Gasteiger partial charge in [-0.25, -0.2) is 19.3 Å². The number of rotatable bonds is 7. The predicted octanol–water partition coefficient (Wildman–Crippen LogP) is 4.59. The SMILES string of the molecule is CCCN1C[C@@H]2C[C@H]1CN2Cc1ccc(Cn2c(-c3cncc(F)c3)nc3c(C)nc(C)nc32)cc1.S.S. The molecule has 6 rings (SSSR count). The van der Waals surface area contributed by atoms with Gasteiger partial charge in [0, 0.05) is 43.5 Å². The number of pyridine rings is 1. The highest BCUT2D eigenvalue weighted by atomic mass is 32.1. The molecule has 0 saturated carbocycles. The van der Waals surface area contributed by atoms with Crippen LogP contribution in [0.4, 0.5) is 4.39 Å². The number of likely N-dealkylation sites (tertiary alicyclic amines) is 2. The number of hydrogen-bond acceptors (Lipinski definition) is 6. The van der Waals surface area contributed by atoms with Crippen molar-refractivity contribution in [2.24, 2.45) is 0 Å². The molecule has 202 valence electrons. The number of imidazole rings is 1. The highest BCUT2D eigenvalue weighted by Crippen LogP contribution is 2.32. The normalized spacial score (nSPS) is 19.1. The Bertz CT molecular complexity index is 1410. The van der Waals surface area contributed by atoms with E-state index in [1.165, 1.54) is 50.3 Å². The predicted molar refractivity (Wildman–Crippen MR) is 159 cm³/mol. The Kier molecular flexibility index (Phi) is 8.76. The van der Waals surface area contributed by atoms with Gasteiger partial charge in [-0.1, -0.05) is 31.2 Å². The molecule has 38 heavy (non-hydrogen) atoms. The van der Waals surface area contributed by atoms with Crippen LogP contribution in [0.3, 0.4) is 0 Å². The van der Waals surface area contributed by atoms with E-state index < -0.39 is 0 Å². The lowest BCUT2D eigenvalue weighted by Gasteiger charge is -2.34. The van der Waals surface area contributed by atoms with Crippen LogP contribution in [-0.4, -0.2) is 66.0 Å². The molecule has 0 radical (unpaired) electrons. The molecule has 0 spiro atoms. The lowest BCUT2D eigenvalue weighted by molar-refractivity contribution is 0.123. The van der Waals surface area contributed by atoms with Crippen molar-refractivity contribution in [2.75, 3.05) is 19.6 Å². The maximum Gasteiger partial charge on any atom is 0.164 e. The second-order valence-electron chi connectivity index (χ2n) is 10.2. The van der Waals surface area contributed by atoms with Gasteiger partial charge in [0.2, 0.25) is 0 Å². The quantitative estimate of drug-likeness (QED) is 0.334. The maximum atomic E-state index is 14.0. The third-order valence-corrected chi connectivity index (χ3v) is 7.57. The fourth-order valence-electron chi connectivity index (χ4n) is 5.93. The monoisotopic (exact) mass is 553 g/mol. The zero-order valence-corrected chi connectivity index (χ0v) is 24.2. The van der Waals surface area contributed by atoms with Crippen LogP contribution in [0.15, 0.2) is 42.7 Å². The Hall–Kier alpha value is -2.53. The van der Waals surface area contributed by atoms with Crippen molar-refractivity contribution in [3.63, 3.8) is 0 Å². The minimum atomic E-state index is -0.386. The summed E-state index contributed by atoms with van der Waals surface area (Å²) in [5, 5.41) is 0. The van der Waals surface area contributed by atoms with Crippen molar-refractivity contribution in [3.8, 4) is 11.4 Å². The van der Waals surface area contributed by atoms with Gasteiger partial charge in [-0.3, -0.25) is 14.8 Å². The Labute approximate surface area is 237 Å². The summed E-state index contributed by atoms with van der Waals surface area (Å²) in [7, 11) is 0. The minimum absolute atomic E-state index is 0. The summed E-state index contributed by atoms with van der Waals surface area (Å²) in [5.41, 5.74) is 5.42. The van der Waals surface area contributed by atoms with Gasteiger partial charge < -0.3 is 4.57 Å². The number of piperazine rings is 1. The summed E-state index contributed by atoms with van der Waals surface area (Å²) in [5.74, 6) is 0.953. The highest BCUT2D eigenvalue weighted by molar-refractivity contribution is 7.59. The number of benzene rings is 1. The van der Waals surface area contributed by atoms with E-state index in [-0.39, 0.29) is 32.8 Å². The summed E-state index contributed by atoms with van der Waals surface area (Å²) in [6.45, 7) is 11.3. The van der Waals surface area contributed by atoms with Crippen molar-refractivity contribution in [3.05, 3.63) is 71.2 Å². The standard InChI is InChI=1S/C28H32FN7.2H2S/c1-4-9-34-16-25-11-24(34)17-35(25)14-20-5-7-21(8-6-20)15-36-27(22-10-23(29)13-30-12-22)33-26-18(2)31-19(3)32-28(26)36;;/h5-8,10,12-13,24-25H,4,9,11,14-17H2,1-3H3;2*1H2/t24-,25-;;/m0../s1. The largest absolute Gasteiger partial charge is 0.304 e. The van der Waals surface area contributed by atoms with E-state index in [4.69, 9.17) is 9.97 Å². The van der Waals surface area contributed by atoms with Crippen LogP contribution < -0.4 is 0 Å². The Morgan fingerprint density at radius 1 is 0.895 bits per heavy atom. The molecular formula is C28H36FN7S2. The lowest BCUT2D eigenvalue weighted by atomic mass is 10.1. The van der Waals surface area contributed by atoms with Crippen LogP contribution in [0.1, 0.15) is 42.4 Å². The summed E-state index contributed by atoms with van der Waals surface area (Å²) in [4.78, 5) is 23.3. The first-order valence-electron chi connectivity index (χ1n) is 12.9. The molecule has 4 aromatic rings. The Balaban J connectivity index is 0.00000168. The lowest BCUT2D eigenvalue weighted by Crippen LogP contribution is -2.46. The zero-order chi connectivity index (χ0) is 24.8. The molecule has 0 unspecified atom stereocenters. The number of hydrogen-bond donors (Lipinski definition) is 0. The molecule has 2 aliphatic rings. The van der Waals surface area contributed by atoms with Gasteiger partial charge in [0.05, 0.1) is 18.4 Å². The minimum Gasteiger partial charge on any atom is -0.304 e. The maximum absolute atomic E-state index is 14.0. The van der Waals surface area contributed by atoms with E-state index >= 15 is 0 Å². The van der Waals surface area contributed by atoms with Crippen LogP contribution in [-0.2, 0) is 13.1 Å². The van der Waals surface area contributed by atoms with Crippen molar-refractivity contribution in [1.29, 1.82) is 0 Å². The second kappa shape index (κ2) is 11.7. The van der Waals surface area contributed by atoms with Gasteiger partial charge in [0.15, 0.2) is 5.65 Å². The molecule has 1 aromatic carbocycles. The molecule has 0 amide bonds. The molecule has 2 bridgehead atoms. The van der Waals surface area contributed by atoms with Crippen molar-refractivity contribution in [2.45, 2.75) is 58.8 Å². The number of nitrogens with zero attached hydrogens (tertiary/aromatic N) is 7. The summed E-state index contributed by atoms with van der Waals surface area (Å²) in [6, 6.07) is 11.7. The van der Waals surface area contributed by atoms with E-state index in [9.17, 15) is 4.39 Å². The molecule has 0 N–H and O–H groups in total. The molecule has 2 aliphatic heterocycles. The zero-order valence-electron chi connectivity index (χ0n) is 22.2. The van der Waals surface area contributed by atoms with Crippen LogP contribution in [0.25, 0.3) is 22.6 Å². The van der Waals surface area contributed by atoms with Gasteiger partial charge in [-0.05, 0) is 50.4 Å². The topological polar surface area (TPSA) is 63.0 Å². The van der Waals surface area contributed by atoms with E-state index in [2.05, 4.69) is 51.0 Å². The first-order valence-corrected chi connectivity index (χ1v) is 12.9. The first-order chi connectivity index (χ1) is 17.5. The van der Waals surface area contributed by atoms with E-state index in [0.29, 0.717) is 29.8 Å². The van der Waals surface area contributed by atoms with Gasteiger partial charge in [-0.15, -0.1) is 0 Å². The molecule has 3 aromatic heterocycles. The summed E-state index contributed by atoms with van der Waals surface area (Å²) in [6.07, 6.45) is 5.40. The molecule has 2 fully saturated rings. The third kappa shape index (κ3) is 5.45. The number of aromatic nitrogens is 5. The molecule has 7 nitrogen and oxygen atoms in total. The Morgan fingerprint density at radius 2 is 1.58 bits per heavy atom. The fraction of sp³-hybridized carbons (Fsp3) is 0.429. The summed E-state index contributed by atoms with van der Waals surface area (Å²) < 4.78 is 16.0. The fourth-order valence-corrected chi connectivity index (χ4v) is 5.93. The van der Waals surface area contributed by atoms with Crippen LogP contribution in [0, 0.1) is 19.7 Å². The number of aryl methyl sites for hydroxylation is 2. The van der Waals surface area contributed by atoms with Crippen LogP contribution in [0.2, 0.25) is 0 Å². The molecule has 0 aliphatic carbocycles. The molecule has 2 atom stereocenters.